The summed E-state index contributed by atoms with van der Waals surface area (Å²) in [5, 5.41) is 0. The lowest BCUT2D eigenvalue weighted by Gasteiger charge is -2.19. The number of rotatable bonds is 1. The highest BCUT2D eigenvalue weighted by Crippen LogP contribution is 2.25. The van der Waals surface area contributed by atoms with Gasteiger partial charge in [-0.2, -0.15) is 0 Å². The number of ketones is 1. The molecule has 64 valence electrons. The predicted molar refractivity (Wildman–Crippen MR) is 43.4 cm³/mol. The third kappa shape index (κ3) is 2.03. The van der Waals surface area contributed by atoms with Gasteiger partial charge in [-0.25, -0.2) is 0 Å². The van der Waals surface area contributed by atoms with Crippen LogP contribution in [0.15, 0.2) is 0 Å². The van der Waals surface area contributed by atoms with Crippen LogP contribution in [0.3, 0.4) is 0 Å². The molecule has 2 nitrogen and oxygen atoms in total. The van der Waals surface area contributed by atoms with Crippen LogP contribution in [-0.2, 0) is 9.53 Å². The predicted octanol–water partition coefficient (Wildman–Crippen LogP) is 1.64. The summed E-state index contributed by atoms with van der Waals surface area (Å²) >= 11 is 0. The van der Waals surface area contributed by atoms with Crippen molar-refractivity contribution in [2.24, 2.45) is 11.3 Å². The van der Waals surface area contributed by atoms with E-state index in [1.54, 1.807) is 0 Å². The van der Waals surface area contributed by atoms with Gasteiger partial charge in [-0.3, -0.25) is 4.79 Å². The van der Waals surface area contributed by atoms with E-state index in [9.17, 15) is 4.79 Å². The minimum atomic E-state index is -0.196. The zero-order chi connectivity index (χ0) is 8.48. The van der Waals surface area contributed by atoms with Crippen LogP contribution in [0.4, 0.5) is 0 Å². The molecular weight excluding hydrogens is 140 g/mol. The summed E-state index contributed by atoms with van der Waals surface area (Å²) in [6.07, 6.45) is 0.913. The van der Waals surface area contributed by atoms with Crippen molar-refractivity contribution >= 4 is 5.78 Å². The molecule has 0 aromatic heterocycles. The highest BCUT2D eigenvalue weighted by molar-refractivity contribution is 5.86. The van der Waals surface area contributed by atoms with Gasteiger partial charge in [0.2, 0.25) is 0 Å². The lowest BCUT2D eigenvalue weighted by atomic mass is 9.83. The van der Waals surface area contributed by atoms with Crippen LogP contribution in [0.25, 0.3) is 0 Å². The van der Waals surface area contributed by atoms with Gasteiger partial charge in [0.05, 0.1) is 6.61 Å². The molecule has 0 aliphatic carbocycles. The van der Waals surface area contributed by atoms with Crippen LogP contribution in [0.5, 0.6) is 0 Å². The first-order chi connectivity index (χ1) is 5.02. The van der Waals surface area contributed by atoms with Crippen molar-refractivity contribution in [2.75, 3.05) is 13.2 Å². The summed E-state index contributed by atoms with van der Waals surface area (Å²) in [5.41, 5.74) is -0.196. The Labute approximate surface area is 67.9 Å². The van der Waals surface area contributed by atoms with Crippen LogP contribution in [-0.4, -0.2) is 19.0 Å². The van der Waals surface area contributed by atoms with E-state index in [1.165, 1.54) is 0 Å². The quantitative estimate of drug-likeness (QED) is 0.577. The van der Waals surface area contributed by atoms with Crippen molar-refractivity contribution < 1.29 is 9.53 Å². The van der Waals surface area contributed by atoms with Crippen molar-refractivity contribution in [2.45, 2.75) is 27.2 Å². The molecule has 0 aromatic rings. The molecule has 0 amide bonds. The summed E-state index contributed by atoms with van der Waals surface area (Å²) in [5.74, 6) is 0.505. The third-order valence-corrected chi connectivity index (χ3v) is 2.04. The first kappa shape index (κ1) is 8.72. The average molecular weight is 156 g/mol. The summed E-state index contributed by atoms with van der Waals surface area (Å²) < 4.78 is 5.15. The van der Waals surface area contributed by atoms with Gasteiger partial charge in [0.1, 0.15) is 5.78 Å². The maximum Gasteiger partial charge on any atom is 0.143 e. The molecule has 0 radical (unpaired) electrons. The Bertz CT molecular complexity index is 149. The first-order valence-electron chi connectivity index (χ1n) is 4.14. The topological polar surface area (TPSA) is 26.3 Å². The Balaban J connectivity index is 2.53. The Hall–Kier alpha value is -0.370. The summed E-state index contributed by atoms with van der Waals surface area (Å²) in [7, 11) is 0. The Morgan fingerprint density at radius 2 is 2.09 bits per heavy atom. The highest BCUT2D eigenvalue weighted by atomic mass is 16.5. The zero-order valence-corrected chi connectivity index (χ0v) is 7.52. The van der Waals surface area contributed by atoms with Gasteiger partial charge in [-0.05, 0) is 6.42 Å². The molecule has 1 unspecified atom stereocenters. The van der Waals surface area contributed by atoms with Crippen LogP contribution in [0.2, 0.25) is 0 Å². The van der Waals surface area contributed by atoms with Crippen LogP contribution < -0.4 is 0 Å². The van der Waals surface area contributed by atoms with Gasteiger partial charge in [-0.15, -0.1) is 0 Å². The van der Waals surface area contributed by atoms with E-state index in [4.69, 9.17) is 4.74 Å². The maximum atomic E-state index is 11.6. The van der Waals surface area contributed by atoms with E-state index in [0.717, 1.165) is 13.0 Å². The minimum Gasteiger partial charge on any atom is -0.381 e. The van der Waals surface area contributed by atoms with Crippen molar-refractivity contribution in [3.8, 4) is 0 Å². The monoisotopic (exact) mass is 156 g/mol. The molecule has 0 aromatic carbocycles. The highest BCUT2D eigenvalue weighted by Gasteiger charge is 2.31. The Kier molecular flexibility index (Phi) is 2.33. The second-order valence-electron chi connectivity index (χ2n) is 4.17. The van der Waals surface area contributed by atoms with Gasteiger partial charge in [-0.1, -0.05) is 20.8 Å². The lowest BCUT2D eigenvalue weighted by Crippen LogP contribution is -2.28. The number of hydrogen-bond donors (Lipinski definition) is 0. The molecule has 1 fully saturated rings. The third-order valence-electron chi connectivity index (χ3n) is 2.04. The minimum absolute atomic E-state index is 0.162. The molecular formula is C9H16O2. The smallest absolute Gasteiger partial charge is 0.143 e. The van der Waals surface area contributed by atoms with Crippen molar-refractivity contribution in [1.82, 2.24) is 0 Å². The molecule has 1 atom stereocenters. The second-order valence-corrected chi connectivity index (χ2v) is 4.17. The summed E-state index contributed by atoms with van der Waals surface area (Å²) in [4.78, 5) is 11.6. The molecule has 1 aliphatic rings. The molecule has 1 heterocycles. The largest absolute Gasteiger partial charge is 0.381 e. The molecule has 0 spiro atoms. The maximum absolute atomic E-state index is 11.6. The van der Waals surface area contributed by atoms with E-state index in [-0.39, 0.29) is 11.3 Å². The lowest BCUT2D eigenvalue weighted by molar-refractivity contribution is -0.130. The number of carbonyl (C=O) groups is 1. The van der Waals surface area contributed by atoms with Gasteiger partial charge >= 0.3 is 0 Å². The number of Topliss-reactive ketones (excluding diaryl/α,β-unsaturated/α-hetero) is 1. The van der Waals surface area contributed by atoms with E-state index in [0.29, 0.717) is 12.4 Å². The molecule has 11 heavy (non-hydrogen) atoms. The molecule has 2 heteroatoms. The van der Waals surface area contributed by atoms with Crippen molar-refractivity contribution in [3.05, 3.63) is 0 Å². The normalized spacial score (nSPS) is 25.5. The SMILES string of the molecule is CC(C)(C)C(=O)C1CCOC1. The molecule has 1 rings (SSSR count). The van der Waals surface area contributed by atoms with E-state index >= 15 is 0 Å². The van der Waals surface area contributed by atoms with E-state index < -0.39 is 0 Å². The van der Waals surface area contributed by atoms with Gasteiger partial charge in [0.15, 0.2) is 0 Å². The average Bonchev–Trinajstić information content (AvgIpc) is 2.34. The summed E-state index contributed by atoms with van der Waals surface area (Å²) in [6.45, 7) is 7.29. The fraction of sp³-hybridized carbons (Fsp3) is 0.889. The number of hydrogen-bond acceptors (Lipinski definition) is 2. The second kappa shape index (κ2) is 2.94. The standard InChI is InChI=1S/C9H16O2/c1-9(2,3)8(10)7-4-5-11-6-7/h7H,4-6H2,1-3H3. The fourth-order valence-corrected chi connectivity index (χ4v) is 1.35. The van der Waals surface area contributed by atoms with Gasteiger partial charge < -0.3 is 4.74 Å². The molecule has 0 N–H and O–H groups in total. The van der Waals surface area contributed by atoms with Gasteiger partial charge in [0, 0.05) is 17.9 Å². The summed E-state index contributed by atoms with van der Waals surface area (Å²) in [6, 6.07) is 0. The van der Waals surface area contributed by atoms with Crippen LogP contribution in [0.1, 0.15) is 27.2 Å². The van der Waals surface area contributed by atoms with Crippen molar-refractivity contribution in [1.29, 1.82) is 0 Å². The Morgan fingerprint density at radius 3 is 2.45 bits per heavy atom. The van der Waals surface area contributed by atoms with Crippen LogP contribution in [0, 0.1) is 11.3 Å². The fourth-order valence-electron chi connectivity index (χ4n) is 1.35. The molecule has 1 saturated heterocycles. The molecule has 0 bridgehead atoms. The van der Waals surface area contributed by atoms with E-state index in [1.807, 2.05) is 20.8 Å². The van der Waals surface area contributed by atoms with E-state index in [2.05, 4.69) is 0 Å². The van der Waals surface area contributed by atoms with Gasteiger partial charge in [0.25, 0.3) is 0 Å². The first-order valence-corrected chi connectivity index (χ1v) is 4.14. The molecule has 0 saturated carbocycles. The number of carbonyl (C=O) groups excluding carboxylic acids is 1. The number of ether oxygens (including phenoxy) is 1. The van der Waals surface area contributed by atoms with Crippen LogP contribution >= 0.6 is 0 Å². The van der Waals surface area contributed by atoms with Crippen molar-refractivity contribution in [3.63, 3.8) is 0 Å². The zero-order valence-electron chi connectivity index (χ0n) is 7.52. The molecule has 1 aliphatic heterocycles. The Morgan fingerprint density at radius 1 is 1.45 bits per heavy atom.